The van der Waals surface area contributed by atoms with Crippen molar-refractivity contribution in [3.05, 3.63) is 27.9 Å². The van der Waals surface area contributed by atoms with E-state index < -0.39 is 0 Å². The molecule has 0 radical (unpaired) electrons. The molecule has 1 saturated heterocycles. The molecule has 1 aliphatic rings. The Balaban J connectivity index is 2.43. The lowest BCUT2D eigenvalue weighted by Crippen LogP contribution is -2.30. The Bertz CT molecular complexity index is 755. The van der Waals surface area contributed by atoms with E-state index in [0.29, 0.717) is 33.3 Å². The standard InChI is InChI=1S/C17H17BrN2O3S/c1-5-7-23-15-12(18)8-11(10-14(15)22-4)9-13-16(21)20(6-2)17(24)19(13)3/h1,8-10H,6-7H2,2-4H3/b13-9-. The fourth-order valence-corrected chi connectivity index (χ4v) is 3.21. The Morgan fingerprint density at radius 3 is 2.71 bits per heavy atom. The van der Waals surface area contributed by atoms with Crippen molar-refractivity contribution in [2.75, 3.05) is 27.3 Å². The van der Waals surface area contributed by atoms with Gasteiger partial charge in [0.05, 0.1) is 11.6 Å². The first kappa shape index (κ1) is 18.3. The van der Waals surface area contributed by atoms with Crippen molar-refractivity contribution in [2.24, 2.45) is 0 Å². The van der Waals surface area contributed by atoms with E-state index in [1.54, 1.807) is 36.1 Å². The second-order valence-corrected chi connectivity index (χ2v) is 6.17. The Kier molecular flexibility index (Phi) is 5.86. The number of nitrogens with zero attached hydrogens (tertiary/aromatic N) is 2. The zero-order chi connectivity index (χ0) is 17.9. The largest absolute Gasteiger partial charge is 0.493 e. The highest BCUT2D eigenvalue weighted by Crippen LogP contribution is 2.37. The molecule has 1 fully saturated rings. The number of likely N-dealkylation sites (N-methyl/N-ethyl adjacent to an activating group) is 2. The molecule has 1 heterocycles. The van der Waals surface area contributed by atoms with E-state index in [1.165, 1.54) is 0 Å². The van der Waals surface area contributed by atoms with Gasteiger partial charge in [0.1, 0.15) is 12.3 Å². The van der Waals surface area contributed by atoms with Gasteiger partial charge < -0.3 is 14.4 Å². The van der Waals surface area contributed by atoms with Crippen LogP contribution in [0, 0.1) is 12.3 Å². The summed E-state index contributed by atoms with van der Waals surface area (Å²) in [6.45, 7) is 2.56. The van der Waals surface area contributed by atoms with Gasteiger partial charge in [-0.15, -0.1) is 6.42 Å². The molecule has 1 amide bonds. The van der Waals surface area contributed by atoms with Gasteiger partial charge in [-0.1, -0.05) is 5.92 Å². The number of ether oxygens (including phenoxy) is 2. The molecule has 0 bridgehead atoms. The van der Waals surface area contributed by atoms with Crippen LogP contribution in [0.25, 0.3) is 6.08 Å². The van der Waals surface area contributed by atoms with Crippen molar-refractivity contribution in [1.29, 1.82) is 0 Å². The molecule has 0 aromatic heterocycles. The lowest BCUT2D eigenvalue weighted by atomic mass is 10.1. The lowest BCUT2D eigenvalue weighted by Gasteiger charge is -2.14. The first-order valence-electron chi connectivity index (χ1n) is 7.19. The molecule has 0 aliphatic carbocycles. The monoisotopic (exact) mass is 408 g/mol. The van der Waals surface area contributed by atoms with Gasteiger partial charge in [-0.3, -0.25) is 9.69 Å². The minimum absolute atomic E-state index is 0.118. The molecule has 1 aromatic carbocycles. The summed E-state index contributed by atoms with van der Waals surface area (Å²) in [6.07, 6.45) is 6.99. The van der Waals surface area contributed by atoms with Crippen molar-refractivity contribution in [3.8, 4) is 23.8 Å². The summed E-state index contributed by atoms with van der Waals surface area (Å²) >= 11 is 8.74. The number of hydrogen-bond donors (Lipinski definition) is 0. The van der Waals surface area contributed by atoms with Gasteiger partial charge >= 0.3 is 0 Å². The second-order valence-electron chi connectivity index (χ2n) is 4.95. The number of halogens is 1. The predicted octanol–water partition coefficient (Wildman–Crippen LogP) is 2.89. The normalized spacial score (nSPS) is 15.9. The van der Waals surface area contributed by atoms with Gasteiger partial charge in [-0.05, 0) is 58.8 Å². The zero-order valence-electron chi connectivity index (χ0n) is 13.6. The van der Waals surface area contributed by atoms with Crippen molar-refractivity contribution < 1.29 is 14.3 Å². The number of thiocarbonyl (C=S) groups is 1. The smallest absolute Gasteiger partial charge is 0.276 e. The molecule has 1 aliphatic heterocycles. The predicted molar refractivity (Wildman–Crippen MR) is 101 cm³/mol. The molecule has 24 heavy (non-hydrogen) atoms. The Morgan fingerprint density at radius 2 is 2.17 bits per heavy atom. The summed E-state index contributed by atoms with van der Waals surface area (Å²) < 4.78 is 11.5. The minimum atomic E-state index is -0.118. The average molecular weight is 409 g/mol. The van der Waals surface area contributed by atoms with Crippen LogP contribution in [0.1, 0.15) is 12.5 Å². The van der Waals surface area contributed by atoms with Gasteiger partial charge in [0.2, 0.25) is 0 Å². The highest BCUT2D eigenvalue weighted by Gasteiger charge is 2.34. The summed E-state index contributed by atoms with van der Waals surface area (Å²) in [5.74, 6) is 3.34. The topological polar surface area (TPSA) is 42.0 Å². The van der Waals surface area contributed by atoms with Gasteiger partial charge in [0, 0.05) is 13.6 Å². The Morgan fingerprint density at radius 1 is 1.46 bits per heavy atom. The summed E-state index contributed by atoms with van der Waals surface area (Å²) in [5.41, 5.74) is 1.29. The summed E-state index contributed by atoms with van der Waals surface area (Å²) in [4.78, 5) is 15.7. The summed E-state index contributed by atoms with van der Waals surface area (Å²) in [6, 6.07) is 3.61. The summed E-state index contributed by atoms with van der Waals surface area (Å²) in [5, 5.41) is 0.494. The maximum atomic E-state index is 12.4. The number of hydrogen-bond acceptors (Lipinski definition) is 4. The fraction of sp³-hybridized carbons (Fsp3) is 0.294. The van der Waals surface area contributed by atoms with Crippen LogP contribution >= 0.6 is 28.1 Å². The highest BCUT2D eigenvalue weighted by molar-refractivity contribution is 9.10. The molecule has 7 heteroatoms. The van der Waals surface area contributed by atoms with Crippen LogP contribution in [0.4, 0.5) is 0 Å². The van der Waals surface area contributed by atoms with Gasteiger partial charge in [0.15, 0.2) is 16.6 Å². The van der Waals surface area contributed by atoms with Crippen LogP contribution in [0.2, 0.25) is 0 Å². The van der Waals surface area contributed by atoms with Gasteiger partial charge in [-0.2, -0.15) is 0 Å². The summed E-state index contributed by atoms with van der Waals surface area (Å²) in [7, 11) is 3.32. The van der Waals surface area contributed by atoms with Crippen molar-refractivity contribution in [3.63, 3.8) is 0 Å². The average Bonchev–Trinajstić information content (AvgIpc) is 2.76. The van der Waals surface area contributed by atoms with Crippen LogP contribution in [-0.4, -0.2) is 48.1 Å². The van der Waals surface area contributed by atoms with E-state index in [2.05, 4.69) is 21.9 Å². The van der Waals surface area contributed by atoms with Crippen molar-refractivity contribution >= 4 is 45.2 Å². The lowest BCUT2D eigenvalue weighted by molar-refractivity contribution is -0.122. The number of rotatable bonds is 5. The molecule has 0 spiro atoms. The zero-order valence-corrected chi connectivity index (χ0v) is 16.0. The van der Waals surface area contributed by atoms with Crippen molar-refractivity contribution in [2.45, 2.75) is 6.92 Å². The van der Waals surface area contributed by atoms with Crippen LogP contribution in [0.3, 0.4) is 0 Å². The Hall–Kier alpha value is -2.04. The quantitative estimate of drug-likeness (QED) is 0.425. The van der Waals surface area contributed by atoms with Crippen LogP contribution < -0.4 is 9.47 Å². The highest BCUT2D eigenvalue weighted by atomic mass is 79.9. The third-order valence-corrected chi connectivity index (χ3v) is 4.60. The third kappa shape index (κ3) is 3.40. The molecule has 0 unspecified atom stereocenters. The minimum Gasteiger partial charge on any atom is -0.493 e. The molecule has 0 atom stereocenters. The number of carbonyl (C=O) groups excluding carboxylic acids is 1. The third-order valence-electron chi connectivity index (χ3n) is 3.51. The van der Waals surface area contributed by atoms with E-state index in [9.17, 15) is 4.79 Å². The van der Waals surface area contributed by atoms with E-state index in [1.807, 2.05) is 13.0 Å². The maximum absolute atomic E-state index is 12.4. The molecular weight excluding hydrogens is 392 g/mol. The van der Waals surface area contributed by atoms with E-state index in [-0.39, 0.29) is 12.5 Å². The first-order chi connectivity index (χ1) is 11.4. The SMILES string of the molecule is C#CCOc1c(Br)cc(/C=C2/C(=O)N(CC)C(=S)N2C)cc1OC. The number of benzene rings is 1. The number of methoxy groups -OCH3 is 1. The van der Waals surface area contributed by atoms with E-state index >= 15 is 0 Å². The molecule has 1 aromatic rings. The second kappa shape index (κ2) is 7.69. The molecular formula is C17H17BrN2O3S. The van der Waals surface area contributed by atoms with Gasteiger partial charge in [0.25, 0.3) is 5.91 Å². The van der Waals surface area contributed by atoms with Gasteiger partial charge in [-0.25, -0.2) is 0 Å². The molecule has 0 N–H and O–H groups in total. The van der Waals surface area contributed by atoms with Crippen molar-refractivity contribution in [1.82, 2.24) is 9.80 Å². The fourth-order valence-electron chi connectivity index (χ4n) is 2.33. The maximum Gasteiger partial charge on any atom is 0.276 e. The van der Waals surface area contributed by atoms with Crippen LogP contribution in [0.5, 0.6) is 11.5 Å². The van der Waals surface area contributed by atoms with E-state index in [0.717, 1.165) is 5.56 Å². The molecule has 5 nitrogen and oxygen atoms in total. The number of carbonyl (C=O) groups is 1. The first-order valence-corrected chi connectivity index (χ1v) is 8.39. The number of amides is 1. The molecule has 126 valence electrons. The Labute approximate surface area is 155 Å². The van der Waals surface area contributed by atoms with Crippen LogP contribution in [-0.2, 0) is 4.79 Å². The molecule has 0 saturated carbocycles. The van der Waals surface area contributed by atoms with Crippen LogP contribution in [0.15, 0.2) is 22.3 Å². The molecule has 2 rings (SSSR count). The van der Waals surface area contributed by atoms with E-state index in [4.69, 9.17) is 28.1 Å². The number of terminal acetylenes is 1.